The molecule has 2 N–H and O–H groups in total. The first-order valence-electron chi connectivity index (χ1n) is 10.4. The van der Waals surface area contributed by atoms with Gasteiger partial charge in [0.25, 0.3) is 0 Å². The molecule has 0 aliphatic heterocycles. The number of hydrogen-bond donors (Lipinski definition) is 2. The van der Waals surface area contributed by atoms with Crippen molar-refractivity contribution in [3.05, 3.63) is 78.9 Å². The maximum atomic E-state index is 4.90. The van der Waals surface area contributed by atoms with Crippen LogP contribution in [0.1, 0.15) is 30.9 Å². The van der Waals surface area contributed by atoms with Crippen molar-refractivity contribution in [2.45, 2.75) is 33.2 Å². The van der Waals surface area contributed by atoms with Gasteiger partial charge in [-0.3, -0.25) is 8.97 Å². The summed E-state index contributed by atoms with van der Waals surface area (Å²) in [7, 11) is 0. The van der Waals surface area contributed by atoms with Gasteiger partial charge in [-0.25, -0.2) is 15.0 Å². The van der Waals surface area contributed by atoms with E-state index in [9.17, 15) is 0 Å². The number of aromatic nitrogens is 6. The highest BCUT2D eigenvalue weighted by molar-refractivity contribution is 5.83. The maximum Gasteiger partial charge on any atom is 0.180 e. The molecule has 4 aromatic heterocycles. The van der Waals surface area contributed by atoms with Crippen LogP contribution in [0.3, 0.4) is 0 Å². The van der Waals surface area contributed by atoms with Gasteiger partial charge in [0, 0.05) is 35.5 Å². The van der Waals surface area contributed by atoms with Crippen LogP contribution in [0.25, 0.3) is 27.9 Å². The molecule has 0 amide bonds. The summed E-state index contributed by atoms with van der Waals surface area (Å²) in [5, 5.41) is 4.84. The number of fused-ring (bicyclic) bond motifs is 2. The second-order valence-corrected chi connectivity index (χ2v) is 8.02. The SMILES string of the molecule is C=C(C)c1cnc2c(NC(C)Cc3c[nH]c4ccccc34)nc(-n3ccnc3C)cn12. The van der Waals surface area contributed by atoms with Crippen molar-refractivity contribution in [2.24, 2.45) is 0 Å². The Kier molecular flexibility index (Phi) is 4.58. The van der Waals surface area contributed by atoms with E-state index in [-0.39, 0.29) is 6.04 Å². The Bertz CT molecular complexity index is 1400. The van der Waals surface area contributed by atoms with Crippen LogP contribution in [-0.4, -0.2) is 34.9 Å². The normalized spacial score (nSPS) is 12.5. The number of H-pyrrole nitrogens is 1. The Balaban J connectivity index is 1.53. The van der Waals surface area contributed by atoms with Crippen molar-refractivity contribution >= 4 is 27.9 Å². The van der Waals surface area contributed by atoms with Crippen molar-refractivity contribution in [3.63, 3.8) is 0 Å². The molecule has 5 rings (SSSR count). The van der Waals surface area contributed by atoms with Gasteiger partial charge >= 0.3 is 0 Å². The molecule has 0 aliphatic rings. The first kappa shape index (κ1) is 19.1. The molecule has 7 heteroatoms. The van der Waals surface area contributed by atoms with Gasteiger partial charge in [-0.2, -0.15) is 0 Å². The zero-order chi connectivity index (χ0) is 21.5. The van der Waals surface area contributed by atoms with Crippen molar-refractivity contribution < 1.29 is 0 Å². The molecular weight excluding hydrogens is 386 g/mol. The third-order valence-corrected chi connectivity index (χ3v) is 5.57. The molecule has 1 atom stereocenters. The fourth-order valence-corrected chi connectivity index (χ4v) is 4.04. The summed E-state index contributed by atoms with van der Waals surface area (Å²) in [6, 6.07) is 8.53. The molecule has 5 aromatic rings. The fraction of sp³-hybridized carbons (Fsp3) is 0.208. The van der Waals surface area contributed by atoms with Crippen LogP contribution in [0.2, 0.25) is 0 Å². The molecule has 0 spiro atoms. The van der Waals surface area contributed by atoms with E-state index in [0.29, 0.717) is 0 Å². The number of anilines is 1. The van der Waals surface area contributed by atoms with Crippen LogP contribution in [0.4, 0.5) is 5.82 Å². The molecule has 0 radical (unpaired) electrons. The number of rotatable bonds is 6. The van der Waals surface area contributed by atoms with Crippen LogP contribution in [0, 0.1) is 6.92 Å². The van der Waals surface area contributed by atoms with Gasteiger partial charge in [0.05, 0.1) is 18.1 Å². The van der Waals surface area contributed by atoms with Gasteiger partial charge in [0.15, 0.2) is 17.3 Å². The molecule has 4 heterocycles. The maximum absolute atomic E-state index is 4.90. The third-order valence-electron chi connectivity index (χ3n) is 5.57. The molecule has 156 valence electrons. The zero-order valence-corrected chi connectivity index (χ0v) is 17.9. The number of nitrogens with zero attached hydrogens (tertiary/aromatic N) is 5. The van der Waals surface area contributed by atoms with Crippen LogP contribution in [-0.2, 0) is 6.42 Å². The summed E-state index contributed by atoms with van der Waals surface area (Å²) in [6.45, 7) is 10.2. The Morgan fingerprint density at radius 1 is 1.26 bits per heavy atom. The highest BCUT2D eigenvalue weighted by Crippen LogP contribution is 2.24. The van der Waals surface area contributed by atoms with Crippen molar-refractivity contribution in [1.82, 2.24) is 28.9 Å². The van der Waals surface area contributed by atoms with Crippen LogP contribution in [0.5, 0.6) is 0 Å². The minimum Gasteiger partial charge on any atom is -0.364 e. The standard InChI is InChI=1S/C24H25N7/c1-15(2)21-13-27-24-23(29-22(14-31(21)24)30-10-9-25-17(30)4)28-16(3)11-18-12-26-20-8-6-5-7-19(18)20/h5-10,12-14,16,26H,1,11H2,2-4H3,(H,28,29). The van der Waals surface area contributed by atoms with Crippen LogP contribution in [0.15, 0.2) is 61.8 Å². The van der Waals surface area contributed by atoms with Gasteiger partial charge < -0.3 is 10.3 Å². The van der Waals surface area contributed by atoms with Crippen molar-refractivity contribution in [1.29, 1.82) is 0 Å². The van der Waals surface area contributed by atoms with Crippen molar-refractivity contribution in [2.75, 3.05) is 5.32 Å². The second-order valence-electron chi connectivity index (χ2n) is 8.02. The van der Waals surface area contributed by atoms with E-state index in [1.165, 1.54) is 10.9 Å². The summed E-state index contributed by atoms with van der Waals surface area (Å²) in [4.78, 5) is 17.2. The highest BCUT2D eigenvalue weighted by Gasteiger charge is 2.16. The van der Waals surface area contributed by atoms with E-state index >= 15 is 0 Å². The predicted octanol–water partition coefficient (Wildman–Crippen LogP) is 4.78. The molecule has 7 nitrogen and oxygen atoms in total. The molecule has 31 heavy (non-hydrogen) atoms. The Hall–Kier alpha value is -3.87. The Labute approximate surface area is 180 Å². The summed E-state index contributed by atoms with van der Waals surface area (Å²) in [5.74, 6) is 2.40. The number of imidazole rings is 2. The molecular formula is C24H25N7. The zero-order valence-electron chi connectivity index (χ0n) is 17.9. The van der Waals surface area contributed by atoms with Gasteiger partial charge in [-0.15, -0.1) is 0 Å². The lowest BCUT2D eigenvalue weighted by Gasteiger charge is -2.17. The summed E-state index contributed by atoms with van der Waals surface area (Å²) in [5.41, 5.74) is 5.13. The van der Waals surface area contributed by atoms with Crippen molar-refractivity contribution in [3.8, 4) is 5.82 Å². The van der Waals surface area contributed by atoms with Gasteiger partial charge in [0.1, 0.15) is 5.82 Å². The number of allylic oxidation sites excluding steroid dienone is 1. The molecule has 0 aliphatic carbocycles. The first-order valence-corrected chi connectivity index (χ1v) is 10.4. The second kappa shape index (κ2) is 7.43. The fourth-order valence-electron chi connectivity index (χ4n) is 4.04. The number of aromatic amines is 1. The monoisotopic (exact) mass is 411 g/mol. The lowest BCUT2D eigenvalue weighted by Crippen LogP contribution is -2.20. The lowest BCUT2D eigenvalue weighted by molar-refractivity contribution is 0.784. The topological polar surface area (TPSA) is 75.8 Å². The van der Waals surface area contributed by atoms with Gasteiger partial charge in [-0.05, 0) is 44.4 Å². The molecule has 1 aromatic carbocycles. The smallest absolute Gasteiger partial charge is 0.180 e. The minimum atomic E-state index is 0.152. The average Bonchev–Trinajstić information content (AvgIpc) is 3.46. The first-order chi connectivity index (χ1) is 15.0. The molecule has 1 unspecified atom stereocenters. The van der Waals surface area contributed by atoms with Gasteiger partial charge in [-0.1, -0.05) is 24.8 Å². The molecule has 0 saturated heterocycles. The van der Waals surface area contributed by atoms with E-state index < -0.39 is 0 Å². The predicted molar refractivity (Wildman–Crippen MR) is 125 cm³/mol. The van der Waals surface area contributed by atoms with E-state index in [4.69, 9.17) is 4.98 Å². The van der Waals surface area contributed by atoms with E-state index in [0.717, 1.165) is 46.3 Å². The minimum absolute atomic E-state index is 0.152. The Morgan fingerprint density at radius 2 is 2.10 bits per heavy atom. The summed E-state index contributed by atoms with van der Waals surface area (Å²) < 4.78 is 4.02. The number of aryl methyl sites for hydroxylation is 1. The molecule has 0 bridgehead atoms. The Morgan fingerprint density at radius 3 is 2.87 bits per heavy atom. The number of benzene rings is 1. The van der Waals surface area contributed by atoms with Gasteiger partial charge in [0.2, 0.25) is 0 Å². The summed E-state index contributed by atoms with van der Waals surface area (Å²) >= 11 is 0. The molecule has 0 saturated carbocycles. The number of nitrogens with one attached hydrogen (secondary N) is 2. The van der Waals surface area contributed by atoms with Crippen LogP contribution >= 0.6 is 0 Å². The lowest BCUT2D eigenvalue weighted by atomic mass is 10.1. The van der Waals surface area contributed by atoms with E-state index in [1.807, 2.05) is 47.5 Å². The largest absolute Gasteiger partial charge is 0.364 e. The third kappa shape index (κ3) is 3.38. The summed E-state index contributed by atoms with van der Waals surface area (Å²) in [6.07, 6.45) is 10.5. The highest BCUT2D eigenvalue weighted by atomic mass is 15.2. The van der Waals surface area contributed by atoms with Crippen LogP contribution < -0.4 is 5.32 Å². The number of hydrogen-bond acceptors (Lipinski definition) is 4. The average molecular weight is 412 g/mol. The van der Waals surface area contributed by atoms with E-state index in [2.05, 4.69) is 58.2 Å². The number of para-hydroxylation sites is 1. The molecule has 0 fully saturated rings. The quantitative estimate of drug-likeness (QED) is 0.422. The van der Waals surface area contributed by atoms with E-state index in [1.54, 1.807) is 6.20 Å².